The number of halogens is 2. The highest BCUT2D eigenvalue weighted by atomic mass is 19.1. The van der Waals surface area contributed by atoms with Crippen LogP contribution < -0.4 is 5.32 Å². The SMILES string of the molecule is Cc1cccc2c1NC(c1cc(F)ccc1F)C2. The standard InChI is InChI=1S/C15H13F2N/c1-9-3-2-4-10-7-14(18-15(9)10)12-8-11(16)5-6-13(12)17/h2-6,8,14,18H,7H2,1H3. The Morgan fingerprint density at radius 1 is 1.17 bits per heavy atom. The van der Waals surface area contributed by atoms with Gasteiger partial charge in [-0.15, -0.1) is 0 Å². The van der Waals surface area contributed by atoms with Gasteiger partial charge in [0, 0.05) is 11.3 Å². The third kappa shape index (κ3) is 1.76. The van der Waals surface area contributed by atoms with Crippen molar-refractivity contribution in [3.63, 3.8) is 0 Å². The van der Waals surface area contributed by atoms with Gasteiger partial charge in [0.05, 0.1) is 6.04 Å². The molecule has 0 aromatic heterocycles. The van der Waals surface area contributed by atoms with Gasteiger partial charge in [0.15, 0.2) is 0 Å². The summed E-state index contributed by atoms with van der Waals surface area (Å²) in [6.07, 6.45) is 0.692. The topological polar surface area (TPSA) is 12.0 Å². The summed E-state index contributed by atoms with van der Waals surface area (Å²) in [6.45, 7) is 2.01. The van der Waals surface area contributed by atoms with Crippen LogP contribution in [0.2, 0.25) is 0 Å². The molecular formula is C15H13F2N. The monoisotopic (exact) mass is 245 g/mol. The predicted octanol–water partition coefficient (Wildman–Crippen LogP) is 3.98. The van der Waals surface area contributed by atoms with Crippen LogP contribution in [0.1, 0.15) is 22.7 Å². The van der Waals surface area contributed by atoms with E-state index in [4.69, 9.17) is 0 Å². The molecule has 0 saturated carbocycles. The van der Waals surface area contributed by atoms with Gasteiger partial charge < -0.3 is 5.32 Å². The van der Waals surface area contributed by atoms with Crippen molar-refractivity contribution >= 4 is 5.69 Å². The van der Waals surface area contributed by atoms with Crippen molar-refractivity contribution < 1.29 is 8.78 Å². The van der Waals surface area contributed by atoms with Gasteiger partial charge in [-0.3, -0.25) is 0 Å². The van der Waals surface area contributed by atoms with Gasteiger partial charge >= 0.3 is 0 Å². The molecule has 0 saturated heterocycles. The molecule has 3 rings (SSSR count). The summed E-state index contributed by atoms with van der Waals surface area (Å²) in [5.74, 6) is -0.764. The molecule has 1 atom stereocenters. The molecule has 0 spiro atoms. The molecule has 3 heteroatoms. The van der Waals surface area contributed by atoms with Crippen LogP contribution in [0.25, 0.3) is 0 Å². The zero-order chi connectivity index (χ0) is 12.7. The van der Waals surface area contributed by atoms with Gasteiger partial charge in [-0.25, -0.2) is 8.78 Å². The Bertz CT molecular complexity index is 607. The zero-order valence-electron chi connectivity index (χ0n) is 10.0. The summed E-state index contributed by atoms with van der Waals surface area (Å²) in [7, 11) is 0. The van der Waals surface area contributed by atoms with Crippen LogP contribution >= 0.6 is 0 Å². The first-order valence-electron chi connectivity index (χ1n) is 5.95. The first-order valence-corrected chi connectivity index (χ1v) is 5.95. The maximum absolute atomic E-state index is 13.7. The third-order valence-corrected chi connectivity index (χ3v) is 3.44. The number of benzene rings is 2. The summed E-state index contributed by atoms with van der Waals surface area (Å²) in [5.41, 5.74) is 3.73. The fourth-order valence-electron chi connectivity index (χ4n) is 2.52. The smallest absolute Gasteiger partial charge is 0.128 e. The molecule has 0 aliphatic carbocycles. The molecule has 1 unspecified atom stereocenters. The number of anilines is 1. The van der Waals surface area contributed by atoms with Crippen LogP contribution in [0.4, 0.5) is 14.5 Å². The molecule has 0 amide bonds. The van der Waals surface area contributed by atoms with Crippen LogP contribution in [0.5, 0.6) is 0 Å². The number of rotatable bonds is 1. The summed E-state index contributed by atoms with van der Waals surface area (Å²) >= 11 is 0. The van der Waals surface area contributed by atoms with Gasteiger partial charge in [0.25, 0.3) is 0 Å². The maximum Gasteiger partial charge on any atom is 0.128 e. The second-order valence-corrected chi connectivity index (χ2v) is 4.68. The molecule has 0 radical (unpaired) electrons. The van der Waals surface area contributed by atoms with E-state index in [0.29, 0.717) is 12.0 Å². The summed E-state index contributed by atoms with van der Waals surface area (Å²) in [5, 5.41) is 3.28. The lowest BCUT2D eigenvalue weighted by Crippen LogP contribution is -2.08. The van der Waals surface area contributed by atoms with Gasteiger partial charge in [-0.05, 0) is 42.7 Å². The molecule has 1 N–H and O–H groups in total. The Hall–Kier alpha value is -1.90. The second kappa shape index (κ2) is 4.09. The lowest BCUT2D eigenvalue weighted by Gasteiger charge is -2.13. The fourth-order valence-corrected chi connectivity index (χ4v) is 2.52. The Morgan fingerprint density at radius 3 is 2.78 bits per heavy atom. The highest BCUT2D eigenvalue weighted by molar-refractivity contribution is 5.62. The third-order valence-electron chi connectivity index (χ3n) is 3.44. The molecule has 92 valence electrons. The van der Waals surface area contributed by atoms with Crippen LogP contribution in [0.15, 0.2) is 36.4 Å². The average molecular weight is 245 g/mol. The fraction of sp³-hybridized carbons (Fsp3) is 0.200. The lowest BCUT2D eigenvalue weighted by molar-refractivity contribution is 0.573. The number of fused-ring (bicyclic) bond motifs is 1. The highest BCUT2D eigenvalue weighted by Gasteiger charge is 2.25. The van der Waals surface area contributed by atoms with Crippen LogP contribution in [0, 0.1) is 18.6 Å². The largest absolute Gasteiger partial charge is 0.377 e. The van der Waals surface area contributed by atoms with E-state index in [0.717, 1.165) is 22.9 Å². The lowest BCUT2D eigenvalue weighted by atomic mass is 10.0. The molecule has 2 aromatic rings. The summed E-state index contributed by atoms with van der Waals surface area (Å²) < 4.78 is 27.0. The number of hydrogen-bond acceptors (Lipinski definition) is 1. The van der Waals surface area contributed by atoms with Gasteiger partial charge in [-0.2, -0.15) is 0 Å². The predicted molar refractivity (Wildman–Crippen MR) is 67.6 cm³/mol. The second-order valence-electron chi connectivity index (χ2n) is 4.68. The minimum Gasteiger partial charge on any atom is -0.377 e. The van der Waals surface area contributed by atoms with E-state index in [9.17, 15) is 8.78 Å². The van der Waals surface area contributed by atoms with Crippen LogP contribution in [-0.4, -0.2) is 0 Å². The molecule has 1 aliphatic heterocycles. The van der Waals surface area contributed by atoms with Crippen molar-refractivity contribution in [3.8, 4) is 0 Å². The number of para-hydroxylation sites is 1. The average Bonchev–Trinajstić information content (AvgIpc) is 2.77. The quantitative estimate of drug-likeness (QED) is 0.801. The van der Waals surface area contributed by atoms with E-state index in [1.165, 1.54) is 12.1 Å². The molecule has 0 bridgehead atoms. The summed E-state index contributed by atoms with van der Waals surface area (Å²) in [4.78, 5) is 0. The maximum atomic E-state index is 13.7. The molecular weight excluding hydrogens is 232 g/mol. The van der Waals surface area contributed by atoms with E-state index < -0.39 is 5.82 Å². The van der Waals surface area contributed by atoms with Gasteiger partial charge in [0.2, 0.25) is 0 Å². The van der Waals surface area contributed by atoms with Crippen molar-refractivity contribution in [2.45, 2.75) is 19.4 Å². The van der Waals surface area contributed by atoms with Crippen molar-refractivity contribution in [1.82, 2.24) is 0 Å². The molecule has 1 heterocycles. The van der Waals surface area contributed by atoms with Crippen LogP contribution in [-0.2, 0) is 6.42 Å². The van der Waals surface area contributed by atoms with E-state index in [2.05, 4.69) is 5.32 Å². The Kier molecular flexibility index (Phi) is 2.54. The Balaban J connectivity index is 1.99. The van der Waals surface area contributed by atoms with Crippen molar-refractivity contribution in [2.24, 2.45) is 0 Å². The molecule has 18 heavy (non-hydrogen) atoms. The molecule has 1 aliphatic rings. The Labute approximate surface area is 104 Å². The molecule has 1 nitrogen and oxygen atoms in total. The number of hydrogen-bond donors (Lipinski definition) is 1. The molecule has 0 fully saturated rings. The van der Waals surface area contributed by atoms with E-state index in [1.807, 2.05) is 25.1 Å². The minimum absolute atomic E-state index is 0.184. The van der Waals surface area contributed by atoms with E-state index in [1.54, 1.807) is 0 Å². The number of nitrogens with one attached hydrogen (secondary N) is 1. The normalized spacial score (nSPS) is 17.4. The number of aryl methyl sites for hydroxylation is 1. The highest BCUT2D eigenvalue weighted by Crippen LogP contribution is 2.37. The van der Waals surface area contributed by atoms with Crippen molar-refractivity contribution in [2.75, 3.05) is 5.32 Å². The van der Waals surface area contributed by atoms with Gasteiger partial charge in [-0.1, -0.05) is 18.2 Å². The van der Waals surface area contributed by atoms with Crippen molar-refractivity contribution in [3.05, 3.63) is 64.7 Å². The first-order chi connectivity index (χ1) is 8.65. The van der Waals surface area contributed by atoms with Crippen molar-refractivity contribution in [1.29, 1.82) is 0 Å². The first kappa shape index (κ1) is 11.2. The van der Waals surface area contributed by atoms with Gasteiger partial charge in [0.1, 0.15) is 11.6 Å². The van der Waals surface area contributed by atoms with Crippen LogP contribution in [0.3, 0.4) is 0 Å². The van der Waals surface area contributed by atoms with E-state index in [-0.39, 0.29) is 11.9 Å². The Morgan fingerprint density at radius 2 is 2.00 bits per heavy atom. The summed E-state index contributed by atoms with van der Waals surface area (Å²) in [6, 6.07) is 9.43. The zero-order valence-corrected chi connectivity index (χ0v) is 10.0. The molecule has 2 aromatic carbocycles. The van der Waals surface area contributed by atoms with E-state index >= 15 is 0 Å². The minimum atomic E-state index is -0.402.